The number of hydrogen-bond donors (Lipinski definition) is 0. The summed E-state index contributed by atoms with van der Waals surface area (Å²) in [5.74, 6) is 0. The fraction of sp³-hybridized carbons (Fsp3) is 0.333. The highest BCUT2D eigenvalue weighted by Gasteiger charge is 1.79. The zero-order valence-corrected chi connectivity index (χ0v) is 4.31. The van der Waals surface area contributed by atoms with E-state index in [1.54, 1.807) is 6.08 Å². The van der Waals surface area contributed by atoms with Gasteiger partial charge in [-0.3, -0.25) is 0 Å². The molecule has 0 saturated carbocycles. The topological polar surface area (TPSA) is 26.3 Å². The predicted molar refractivity (Wildman–Crippen MR) is 35.1 cm³/mol. The van der Waals surface area contributed by atoms with Crippen LogP contribution in [0.25, 0.3) is 0 Å². The van der Waals surface area contributed by atoms with E-state index < -0.39 is 8.69 Å². The maximum Gasteiger partial charge on any atom is 0.494 e. The van der Waals surface area contributed by atoms with Crippen LogP contribution in [0.2, 0.25) is 0 Å². The summed E-state index contributed by atoms with van der Waals surface area (Å²) in [5.41, 5.74) is 0. The Labute approximate surface area is 55.0 Å². The Hall–Kier alpha value is 0.332. The third-order valence-electron chi connectivity index (χ3n) is 0.260. The van der Waals surface area contributed by atoms with Crippen LogP contribution in [-0.4, -0.2) is 24.0 Å². The molecule has 1 atom stereocenters. The second-order valence-electron chi connectivity index (χ2n) is 0.683. The molecule has 0 radical (unpaired) electrons. The van der Waals surface area contributed by atoms with E-state index in [4.69, 9.17) is 0 Å². The number of hydrogen-bond acceptors (Lipinski definition) is 2. The fourth-order valence-electron chi connectivity index (χ4n) is 0.0929. The Balaban J connectivity index is 0. The van der Waals surface area contributed by atoms with Gasteiger partial charge in [-0.05, 0) is 4.57 Å². The zero-order chi connectivity index (χ0) is 4.83. The molecule has 1 unspecified atom stereocenters. The molecule has 0 aliphatic rings. The Bertz CT molecular complexity index is 48.9. The van der Waals surface area contributed by atoms with Crippen LogP contribution in [0, 0.1) is 0 Å². The summed E-state index contributed by atoms with van der Waals surface area (Å²) in [5, 5.41) is 0. The van der Waals surface area contributed by atoms with E-state index >= 15 is 0 Å². The minimum absolute atomic E-state index is 0. The van der Waals surface area contributed by atoms with Gasteiger partial charge >= 0.3 is 8.69 Å². The van der Waals surface area contributed by atoms with E-state index in [0.29, 0.717) is 6.61 Å². The molecule has 0 saturated heterocycles. The van der Waals surface area contributed by atoms with Crippen molar-refractivity contribution in [3.05, 3.63) is 12.7 Å². The molecule has 0 aliphatic heterocycles. The van der Waals surface area contributed by atoms with Crippen molar-refractivity contribution in [3.8, 4) is 0 Å². The lowest BCUT2D eigenvalue weighted by atomic mass is 10.7. The normalized spacial score (nSPS) is 7.43. The molecule has 0 N–H and O–H groups in total. The molecule has 0 spiro atoms. The summed E-state index contributed by atoms with van der Waals surface area (Å²) >= 11 is 0. The van der Waals surface area contributed by atoms with Gasteiger partial charge in [0.15, 0.2) is 17.4 Å². The molecular weight excluding hydrogens is 126 g/mol. The van der Waals surface area contributed by atoms with Gasteiger partial charge in [-0.15, -0.1) is 11.1 Å². The van der Waals surface area contributed by atoms with E-state index in [2.05, 4.69) is 11.1 Å². The molecule has 0 aliphatic carbocycles. The van der Waals surface area contributed by atoms with Gasteiger partial charge in [0.25, 0.3) is 0 Å². The summed E-state index contributed by atoms with van der Waals surface area (Å²) in [6.45, 7) is 3.72. The van der Waals surface area contributed by atoms with Gasteiger partial charge in [0.05, 0.1) is 0 Å². The first-order valence-corrected chi connectivity index (χ1v) is 2.33. The first kappa shape index (κ1) is 10.3. The van der Waals surface area contributed by atoms with Crippen LogP contribution in [0.3, 0.4) is 0 Å². The molecule has 40 valence electrons. The molecule has 0 heterocycles. The van der Waals surface area contributed by atoms with Crippen LogP contribution in [0.5, 0.6) is 0 Å². The molecule has 0 bridgehead atoms. The Morgan fingerprint density at radius 2 is 2.43 bits per heavy atom. The van der Waals surface area contributed by atoms with E-state index in [0.717, 1.165) is 0 Å². The van der Waals surface area contributed by atoms with Crippen molar-refractivity contribution >= 4 is 26.0 Å². The van der Waals surface area contributed by atoms with Gasteiger partial charge in [0, 0.05) is 0 Å². The molecule has 0 amide bonds. The lowest BCUT2D eigenvalue weighted by Gasteiger charge is -1.67. The van der Waals surface area contributed by atoms with Crippen molar-refractivity contribution < 1.29 is 9.09 Å². The van der Waals surface area contributed by atoms with Crippen molar-refractivity contribution in [1.29, 1.82) is 0 Å². The van der Waals surface area contributed by atoms with E-state index in [1.165, 1.54) is 0 Å². The monoisotopic (exact) mass is 135 g/mol. The minimum Gasteiger partial charge on any atom is -0.144 e. The molecule has 0 fully saturated rings. The van der Waals surface area contributed by atoms with Gasteiger partial charge < -0.3 is 0 Å². The SMILES string of the molecule is C=CCO[PH+]=O.[AlH3]. The summed E-state index contributed by atoms with van der Waals surface area (Å²) in [7, 11) is -0.657. The van der Waals surface area contributed by atoms with Gasteiger partial charge in [-0.2, -0.15) is 0 Å². The first-order chi connectivity index (χ1) is 2.91. The van der Waals surface area contributed by atoms with Crippen LogP contribution in [0.15, 0.2) is 12.7 Å². The molecule has 0 aromatic carbocycles. The summed E-state index contributed by atoms with van der Waals surface area (Å²) in [6, 6.07) is 0. The smallest absolute Gasteiger partial charge is 0.144 e. The Kier molecular flexibility index (Phi) is 14.2. The van der Waals surface area contributed by atoms with Crippen LogP contribution >= 0.6 is 8.69 Å². The lowest BCUT2D eigenvalue weighted by Crippen LogP contribution is -1.69. The highest BCUT2D eigenvalue weighted by molar-refractivity contribution is 7.17. The largest absolute Gasteiger partial charge is 0.494 e. The van der Waals surface area contributed by atoms with E-state index in [9.17, 15) is 4.57 Å². The van der Waals surface area contributed by atoms with Crippen molar-refractivity contribution in [2.24, 2.45) is 0 Å². The molecule has 7 heavy (non-hydrogen) atoms. The molecule has 2 nitrogen and oxygen atoms in total. The van der Waals surface area contributed by atoms with Crippen LogP contribution in [0.1, 0.15) is 0 Å². The van der Waals surface area contributed by atoms with Crippen LogP contribution < -0.4 is 0 Å². The highest BCUT2D eigenvalue weighted by atomic mass is 31.1. The third-order valence-corrected chi connectivity index (χ3v) is 0.545. The van der Waals surface area contributed by atoms with E-state index in [-0.39, 0.29) is 17.4 Å². The van der Waals surface area contributed by atoms with Crippen LogP contribution in [0.4, 0.5) is 0 Å². The highest BCUT2D eigenvalue weighted by Crippen LogP contribution is 1.90. The second-order valence-corrected chi connectivity index (χ2v) is 1.14. The Morgan fingerprint density at radius 3 is 2.57 bits per heavy atom. The van der Waals surface area contributed by atoms with Gasteiger partial charge in [-0.1, -0.05) is 6.08 Å². The van der Waals surface area contributed by atoms with Crippen molar-refractivity contribution in [2.75, 3.05) is 6.61 Å². The zero-order valence-electron chi connectivity index (χ0n) is 3.31. The predicted octanol–water partition coefficient (Wildman–Crippen LogP) is -0.0559. The molecule has 4 heteroatoms. The second kappa shape index (κ2) is 9.59. The molecular formula is C3H9AlO2P+. The van der Waals surface area contributed by atoms with Crippen LogP contribution in [-0.2, 0) is 9.09 Å². The first-order valence-electron chi connectivity index (χ1n) is 1.51. The molecule has 0 aromatic rings. The minimum atomic E-state index is -0.657. The maximum atomic E-state index is 9.45. The average molecular weight is 135 g/mol. The summed E-state index contributed by atoms with van der Waals surface area (Å²) < 4.78 is 13.8. The quantitative estimate of drug-likeness (QED) is 0.234. The Morgan fingerprint density at radius 1 is 1.86 bits per heavy atom. The molecule has 0 rings (SSSR count). The van der Waals surface area contributed by atoms with Gasteiger partial charge in [-0.25, -0.2) is 0 Å². The van der Waals surface area contributed by atoms with Crippen molar-refractivity contribution in [3.63, 3.8) is 0 Å². The van der Waals surface area contributed by atoms with E-state index in [1.807, 2.05) is 0 Å². The van der Waals surface area contributed by atoms with Crippen molar-refractivity contribution in [2.45, 2.75) is 0 Å². The standard InChI is InChI=1S/C3H6O2P.Al.3H/c1-2-3-5-6-4;;;;/h2,6H,1,3H2;;;;/q+1;;;;. The van der Waals surface area contributed by atoms with Gasteiger partial charge in [0.1, 0.15) is 6.61 Å². The van der Waals surface area contributed by atoms with Gasteiger partial charge in [0.2, 0.25) is 0 Å². The average Bonchev–Trinajstić information content (AvgIpc) is 1.61. The fourth-order valence-corrected chi connectivity index (χ4v) is 0.279. The number of rotatable bonds is 3. The summed E-state index contributed by atoms with van der Waals surface area (Å²) in [4.78, 5) is 0. The third kappa shape index (κ3) is 10.7. The lowest BCUT2D eigenvalue weighted by molar-refractivity contribution is 0.387. The summed E-state index contributed by atoms with van der Waals surface area (Å²) in [6.07, 6.45) is 1.55. The maximum absolute atomic E-state index is 9.45. The van der Waals surface area contributed by atoms with Crippen molar-refractivity contribution in [1.82, 2.24) is 0 Å². The molecule has 0 aromatic heterocycles.